The molecule has 0 spiro atoms. The molecule has 2 heteroatoms. The zero-order valence-corrected chi connectivity index (χ0v) is 13.6. The van der Waals surface area contributed by atoms with E-state index in [0.29, 0.717) is 0 Å². The molecule has 0 amide bonds. The van der Waals surface area contributed by atoms with Crippen LogP contribution in [0.1, 0.15) is 64.7 Å². The van der Waals surface area contributed by atoms with Crippen LogP contribution in [0.5, 0.6) is 0 Å². The van der Waals surface area contributed by atoms with Crippen LogP contribution in [-0.4, -0.2) is 18.7 Å². The lowest BCUT2D eigenvalue weighted by molar-refractivity contribution is -0.0374. The van der Waals surface area contributed by atoms with Crippen molar-refractivity contribution >= 4 is 0 Å². The molecule has 0 bridgehead atoms. The van der Waals surface area contributed by atoms with Crippen molar-refractivity contribution in [1.29, 1.82) is 0 Å². The highest BCUT2D eigenvalue weighted by atomic mass is 16.5. The Kier molecular flexibility index (Phi) is 4.55. The molecule has 1 heterocycles. The quantitative estimate of drug-likeness (QED) is 0.892. The van der Waals surface area contributed by atoms with Crippen molar-refractivity contribution in [3.05, 3.63) is 35.4 Å². The topological polar surface area (TPSA) is 21.3 Å². The van der Waals surface area contributed by atoms with Gasteiger partial charge in [-0.3, -0.25) is 0 Å². The Labute approximate surface area is 123 Å². The van der Waals surface area contributed by atoms with Crippen LogP contribution in [0.3, 0.4) is 0 Å². The average Bonchev–Trinajstić information content (AvgIpc) is 2.47. The molecule has 1 atom stereocenters. The number of benzene rings is 1. The second-order valence-electron chi connectivity index (χ2n) is 7.04. The maximum absolute atomic E-state index is 6.12. The SMILES string of the molecule is CCC1(CC)COC(c2ccc(C(C)(C)C)cc2)CN1. The lowest BCUT2D eigenvalue weighted by Gasteiger charge is -2.40. The summed E-state index contributed by atoms with van der Waals surface area (Å²) in [7, 11) is 0. The van der Waals surface area contributed by atoms with Gasteiger partial charge in [0.1, 0.15) is 0 Å². The Bertz CT molecular complexity index is 416. The molecule has 0 radical (unpaired) electrons. The van der Waals surface area contributed by atoms with Gasteiger partial charge in [-0.2, -0.15) is 0 Å². The molecule has 1 aliphatic rings. The monoisotopic (exact) mass is 275 g/mol. The molecule has 20 heavy (non-hydrogen) atoms. The first-order chi connectivity index (χ1) is 9.40. The second-order valence-corrected chi connectivity index (χ2v) is 7.04. The number of hydrogen-bond acceptors (Lipinski definition) is 2. The van der Waals surface area contributed by atoms with Crippen LogP contribution < -0.4 is 5.32 Å². The molecule has 1 saturated heterocycles. The van der Waals surface area contributed by atoms with Crippen molar-refractivity contribution in [2.45, 2.75) is 64.5 Å². The Morgan fingerprint density at radius 3 is 2.15 bits per heavy atom. The van der Waals surface area contributed by atoms with Crippen LogP contribution in [0.15, 0.2) is 24.3 Å². The summed E-state index contributed by atoms with van der Waals surface area (Å²) in [6.07, 6.45) is 2.44. The molecular formula is C18H29NO. The molecule has 1 fully saturated rings. The fourth-order valence-corrected chi connectivity index (χ4v) is 2.80. The molecule has 0 aliphatic carbocycles. The summed E-state index contributed by atoms with van der Waals surface area (Å²) >= 11 is 0. The third-order valence-corrected chi connectivity index (χ3v) is 4.73. The van der Waals surface area contributed by atoms with Crippen molar-refractivity contribution in [3.63, 3.8) is 0 Å². The van der Waals surface area contributed by atoms with E-state index in [-0.39, 0.29) is 17.1 Å². The number of ether oxygens (including phenoxy) is 1. The number of hydrogen-bond donors (Lipinski definition) is 1. The summed E-state index contributed by atoms with van der Waals surface area (Å²) in [6.45, 7) is 12.9. The largest absolute Gasteiger partial charge is 0.370 e. The van der Waals surface area contributed by atoms with Crippen molar-refractivity contribution in [1.82, 2.24) is 5.32 Å². The van der Waals surface area contributed by atoms with Gasteiger partial charge in [0.05, 0.1) is 12.7 Å². The second kappa shape index (κ2) is 5.87. The molecular weight excluding hydrogens is 246 g/mol. The summed E-state index contributed by atoms with van der Waals surface area (Å²) in [5.41, 5.74) is 3.05. The number of morpholine rings is 1. The van der Waals surface area contributed by atoms with Gasteiger partial charge in [-0.25, -0.2) is 0 Å². The van der Waals surface area contributed by atoms with E-state index in [9.17, 15) is 0 Å². The maximum atomic E-state index is 6.12. The predicted octanol–water partition coefficient (Wildman–Crippen LogP) is 4.20. The van der Waals surface area contributed by atoms with Crippen molar-refractivity contribution in [3.8, 4) is 0 Å². The Hall–Kier alpha value is -0.860. The first kappa shape index (κ1) is 15.5. The minimum atomic E-state index is 0.182. The fourth-order valence-electron chi connectivity index (χ4n) is 2.80. The lowest BCUT2D eigenvalue weighted by Crippen LogP contribution is -2.54. The minimum absolute atomic E-state index is 0.182. The zero-order valence-electron chi connectivity index (χ0n) is 13.6. The highest BCUT2D eigenvalue weighted by molar-refractivity contribution is 5.29. The molecule has 1 aliphatic heterocycles. The van der Waals surface area contributed by atoms with Crippen molar-refractivity contribution in [2.24, 2.45) is 0 Å². The van der Waals surface area contributed by atoms with Gasteiger partial charge < -0.3 is 10.1 Å². The smallest absolute Gasteiger partial charge is 0.0950 e. The first-order valence-electron chi connectivity index (χ1n) is 7.87. The van der Waals surface area contributed by atoms with Gasteiger partial charge in [0, 0.05) is 12.1 Å². The third-order valence-electron chi connectivity index (χ3n) is 4.73. The van der Waals surface area contributed by atoms with E-state index in [1.165, 1.54) is 11.1 Å². The number of rotatable bonds is 3. The van der Waals surface area contributed by atoms with E-state index in [1.54, 1.807) is 0 Å². The Morgan fingerprint density at radius 2 is 1.75 bits per heavy atom. The van der Waals surface area contributed by atoms with E-state index in [4.69, 9.17) is 4.74 Å². The van der Waals surface area contributed by atoms with Crippen LogP contribution in [0.2, 0.25) is 0 Å². The summed E-state index contributed by atoms with van der Waals surface area (Å²) < 4.78 is 6.12. The average molecular weight is 275 g/mol. The van der Waals surface area contributed by atoms with Crippen molar-refractivity contribution < 1.29 is 4.74 Å². The molecule has 1 N–H and O–H groups in total. The van der Waals surface area contributed by atoms with Crippen LogP contribution in [-0.2, 0) is 10.2 Å². The van der Waals surface area contributed by atoms with Gasteiger partial charge >= 0.3 is 0 Å². The van der Waals surface area contributed by atoms with Crippen LogP contribution in [0.25, 0.3) is 0 Å². The normalized spacial score (nSPS) is 22.8. The maximum Gasteiger partial charge on any atom is 0.0950 e. The van der Waals surface area contributed by atoms with E-state index in [1.807, 2.05) is 0 Å². The summed E-state index contributed by atoms with van der Waals surface area (Å²) in [6, 6.07) is 8.91. The fraction of sp³-hybridized carbons (Fsp3) is 0.667. The summed E-state index contributed by atoms with van der Waals surface area (Å²) in [5, 5.41) is 3.70. The van der Waals surface area contributed by atoms with Crippen LogP contribution >= 0.6 is 0 Å². The van der Waals surface area contributed by atoms with Gasteiger partial charge in [-0.15, -0.1) is 0 Å². The van der Waals surface area contributed by atoms with E-state index >= 15 is 0 Å². The van der Waals surface area contributed by atoms with Crippen LogP contribution in [0, 0.1) is 0 Å². The highest BCUT2D eigenvalue weighted by Gasteiger charge is 2.32. The lowest BCUT2D eigenvalue weighted by atomic mass is 9.86. The predicted molar refractivity (Wildman–Crippen MR) is 85.2 cm³/mol. The molecule has 2 nitrogen and oxygen atoms in total. The molecule has 0 aromatic heterocycles. The minimum Gasteiger partial charge on any atom is -0.370 e. The summed E-state index contributed by atoms with van der Waals surface area (Å²) in [4.78, 5) is 0. The van der Waals surface area contributed by atoms with E-state index < -0.39 is 0 Å². The molecule has 1 aromatic rings. The Balaban J connectivity index is 2.04. The van der Waals surface area contributed by atoms with Gasteiger partial charge in [0.25, 0.3) is 0 Å². The molecule has 1 unspecified atom stereocenters. The van der Waals surface area contributed by atoms with Crippen LogP contribution in [0.4, 0.5) is 0 Å². The summed E-state index contributed by atoms with van der Waals surface area (Å²) in [5.74, 6) is 0. The van der Waals surface area contributed by atoms with Crippen molar-refractivity contribution in [2.75, 3.05) is 13.2 Å². The standard InChI is InChI=1S/C18H29NO/c1-6-18(7-2)13-20-16(12-19-18)14-8-10-15(11-9-14)17(3,4)5/h8-11,16,19H,6-7,12-13H2,1-5H3. The zero-order chi connectivity index (χ0) is 14.8. The molecule has 112 valence electrons. The van der Waals surface area contributed by atoms with Gasteiger partial charge in [-0.1, -0.05) is 58.9 Å². The first-order valence-corrected chi connectivity index (χ1v) is 7.87. The van der Waals surface area contributed by atoms with Gasteiger partial charge in [0.2, 0.25) is 0 Å². The van der Waals surface area contributed by atoms with Gasteiger partial charge in [0.15, 0.2) is 0 Å². The van der Waals surface area contributed by atoms with E-state index in [0.717, 1.165) is 26.0 Å². The third kappa shape index (κ3) is 3.24. The number of nitrogens with one attached hydrogen (secondary N) is 1. The molecule has 0 saturated carbocycles. The van der Waals surface area contributed by atoms with E-state index in [2.05, 4.69) is 64.2 Å². The molecule has 2 rings (SSSR count). The highest BCUT2D eigenvalue weighted by Crippen LogP contribution is 2.29. The Morgan fingerprint density at radius 1 is 1.15 bits per heavy atom. The van der Waals surface area contributed by atoms with Gasteiger partial charge in [-0.05, 0) is 29.4 Å². The molecule has 1 aromatic carbocycles.